The van der Waals surface area contributed by atoms with Gasteiger partial charge in [-0.05, 0) is 37.3 Å². The summed E-state index contributed by atoms with van der Waals surface area (Å²) in [7, 11) is 0. The van der Waals surface area contributed by atoms with Crippen LogP contribution in [-0.2, 0) is 13.0 Å². The minimum atomic E-state index is 0.642. The molecule has 0 unspecified atom stereocenters. The molecule has 1 fully saturated rings. The van der Waals surface area contributed by atoms with Crippen LogP contribution < -0.4 is 0 Å². The van der Waals surface area contributed by atoms with Crippen molar-refractivity contribution < 1.29 is 0 Å². The standard InChI is InChI=1S/C17H21ClN2/c18-17-13-16(15-10-4-5-11-15)19-20(17)12-6-9-14-7-2-1-3-8-14/h1-3,7-8,13,15H,4-6,9-12H2. The molecule has 106 valence electrons. The van der Waals surface area contributed by atoms with Crippen molar-refractivity contribution in [2.75, 3.05) is 0 Å². The van der Waals surface area contributed by atoms with E-state index in [4.69, 9.17) is 16.7 Å². The van der Waals surface area contributed by atoms with E-state index in [0.717, 1.165) is 24.5 Å². The van der Waals surface area contributed by atoms with Crippen molar-refractivity contribution in [3.05, 3.63) is 52.8 Å². The lowest BCUT2D eigenvalue weighted by Gasteiger charge is -2.05. The Kier molecular flexibility index (Phi) is 4.41. The number of benzene rings is 1. The van der Waals surface area contributed by atoms with Crippen LogP contribution in [-0.4, -0.2) is 9.78 Å². The first-order chi connectivity index (χ1) is 9.83. The molecule has 3 rings (SSSR count). The quantitative estimate of drug-likeness (QED) is 0.771. The number of rotatable bonds is 5. The zero-order valence-corrected chi connectivity index (χ0v) is 12.5. The second kappa shape index (κ2) is 6.45. The molecular weight excluding hydrogens is 268 g/mol. The Morgan fingerprint density at radius 1 is 1.15 bits per heavy atom. The molecule has 1 aliphatic carbocycles. The molecule has 1 saturated carbocycles. The van der Waals surface area contributed by atoms with Gasteiger partial charge in [-0.15, -0.1) is 0 Å². The van der Waals surface area contributed by atoms with Crippen molar-refractivity contribution in [2.24, 2.45) is 0 Å². The summed E-state index contributed by atoms with van der Waals surface area (Å²) in [6, 6.07) is 12.7. The van der Waals surface area contributed by atoms with Crippen molar-refractivity contribution in [1.82, 2.24) is 9.78 Å². The first-order valence-electron chi connectivity index (χ1n) is 7.60. The maximum absolute atomic E-state index is 6.31. The van der Waals surface area contributed by atoms with Crippen molar-refractivity contribution in [1.29, 1.82) is 0 Å². The van der Waals surface area contributed by atoms with Gasteiger partial charge < -0.3 is 0 Å². The number of aryl methyl sites for hydroxylation is 2. The highest BCUT2D eigenvalue weighted by molar-refractivity contribution is 6.29. The summed E-state index contributed by atoms with van der Waals surface area (Å²) in [5.41, 5.74) is 2.58. The highest BCUT2D eigenvalue weighted by Gasteiger charge is 2.20. The highest BCUT2D eigenvalue weighted by atomic mass is 35.5. The van der Waals surface area contributed by atoms with Gasteiger partial charge in [-0.25, -0.2) is 0 Å². The van der Waals surface area contributed by atoms with Gasteiger partial charge in [0.15, 0.2) is 0 Å². The predicted molar refractivity (Wildman–Crippen MR) is 83.2 cm³/mol. The van der Waals surface area contributed by atoms with Crippen LogP contribution in [0.2, 0.25) is 5.15 Å². The SMILES string of the molecule is Clc1cc(C2CCCC2)nn1CCCc1ccccc1. The van der Waals surface area contributed by atoms with E-state index < -0.39 is 0 Å². The van der Waals surface area contributed by atoms with Crippen LogP contribution in [0.25, 0.3) is 0 Å². The van der Waals surface area contributed by atoms with Crippen molar-refractivity contribution in [3.63, 3.8) is 0 Å². The Labute approximate surface area is 125 Å². The third-order valence-corrected chi connectivity index (χ3v) is 4.51. The van der Waals surface area contributed by atoms with E-state index in [-0.39, 0.29) is 0 Å². The van der Waals surface area contributed by atoms with Crippen LogP contribution in [0.4, 0.5) is 0 Å². The lowest BCUT2D eigenvalue weighted by Crippen LogP contribution is -2.03. The van der Waals surface area contributed by atoms with Gasteiger partial charge in [-0.1, -0.05) is 54.8 Å². The molecule has 0 N–H and O–H groups in total. The Morgan fingerprint density at radius 2 is 1.90 bits per heavy atom. The van der Waals surface area contributed by atoms with E-state index in [2.05, 4.69) is 36.4 Å². The average Bonchev–Trinajstić information content (AvgIpc) is 3.10. The molecule has 0 amide bonds. The average molecular weight is 289 g/mol. The van der Waals surface area contributed by atoms with Crippen molar-refractivity contribution in [3.8, 4) is 0 Å². The van der Waals surface area contributed by atoms with Gasteiger partial charge in [0.1, 0.15) is 5.15 Å². The topological polar surface area (TPSA) is 17.8 Å². The molecule has 1 aromatic carbocycles. The fourth-order valence-electron chi connectivity index (χ4n) is 3.07. The van der Waals surface area contributed by atoms with E-state index in [9.17, 15) is 0 Å². The third kappa shape index (κ3) is 3.24. The molecule has 0 aliphatic heterocycles. The maximum Gasteiger partial charge on any atom is 0.127 e. The van der Waals surface area contributed by atoms with Gasteiger partial charge in [0.25, 0.3) is 0 Å². The minimum absolute atomic E-state index is 0.642. The van der Waals surface area contributed by atoms with Crippen LogP contribution in [0.15, 0.2) is 36.4 Å². The Hall–Kier alpha value is -1.28. The number of nitrogens with zero attached hydrogens (tertiary/aromatic N) is 2. The van der Waals surface area contributed by atoms with Crippen molar-refractivity contribution >= 4 is 11.6 Å². The maximum atomic E-state index is 6.31. The summed E-state index contributed by atoms with van der Waals surface area (Å²) in [6.45, 7) is 0.903. The third-order valence-electron chi connectivity index (χ3n) is 4.20. The number of halogens is 1. The smallest absolute Gasteiger partial charge is 0.127 e. The van der Waals surface area contributed by atoms with Gasteiger partial charge in [0.05, 0.1) is 5.69 Å². The molecule has 20 heavy (non-hydrogen) atoms. The van der Waals surface area contributed by atoms with Crippen LogP contribution in [0.1, 0.15) is 49.3 Å². The van der Waals surface area contributed by atoms with Gasteiger partial charge in [0.2, 0.25) is 0 Å². The molecule has 0 bridgehead atoms. The minimum Gasteiger partial charge on any atom is -0.254 e. The lowest BCUT2D eigenvalue weighted by molar-refractivity contribution is 0.560. The molecule has 2 nitrogen and oxygen atoms in total. The molecule has 1 aliphatic rings. The van der Waals surface area contributed by atoms with E-state index >= 15 is 0 Å². The molecule has 1 aromatic heterocycles. The molecule has 1 heterocycles. The monoisotopic (exact) mass is 288 g/mol. The summed E-state index contributed by atoms with van der Waals surface area (Å²) >= 11 is 6.31. The van der Waals surface area contributed by atoms with Gasteiger partial charge in [0, 0.05) is 12.5 Å². The summed E-state index contributed by atoms with van der Waals surface area (Å²) in [6.07, 6.45) is 7.38. The number of aromatic nitrogens is 2. The lowest BCUT2D eigenvalue weighted by atomic mass is 10.1. The Bertz CT molecular complexity index is 541. The normalized spacial score (nSPS) is 15.8. The van der Waals surface area contributed by atoms with E-state index in [1.54, 1.807) is 0 Å². The summed E-state index contributed by atoms with van der Waals surface area (Å²) < 4.78 is 1.97. The second-order valence-corrected chi connectivity index (χ2v) is 6.07. The van der Waals surface area contributed by atoms with Gasteiger partial charge in [-0.2, -0.15) is 5.10 Å². The summed E-state index contributed by atoms with van der Waals surface area (Å²) in [4.78, 5) is 0. The van der Waals surface area contributed by atoms with E-state index in [0.29, 0.717) is 5.92 Å². The van der Waals surface area contributed by atoms with Gasteiger partial charge >= 0.3 is 0 Å². The predicted octanol–water partition coefficient (Wildman–Crippen LogP) is 4.83. The Balaban J connectivity index is 1.57. The Morgan fingerprint density at radius 3 is 2.65 bits per heavy atom. The summed E-state index contributed by atoms with van der Waals surface area (Å²) in [5.74, 6) is 0.642. The number of hydrogen-bond donors (Lipinski definition) is 0. The largest absolute Gasteiger partial charge is 0.254 e. The fraction of sp³-hybridized carbons (Fsp3) is 0.471. The first-order valence-corrected chi connectivity index (χ1v) is 7.98. The molecule has 3 heteroatoms. The molecule has 2 aromatic rings. The second-order valence-electron chi connectivity index (χ2n) is 5.69. The van der Waals surface area contributed by atoms with Crippen molar-refractivity contribution in [2.45, 2.75) is 51.0 Å². The zero-order chi connectivity index (χ0) is 13.8. The van der Waals surface area contributed by atoms with Crippen LogP contribution >= 0.6 is 11.6 Å². The molecular formula is C17H21ClN2. The summed E-state index contributed by atoms with van der Waals surface area (Å²) in [5, 5.41) is 5.50. The van der Waals surface area contributed by atoms with Crippen LogP contribution in [0.5, 0.6) is 0 Å². The molecule has 0 spiro atoms. The molecule has 0 radical (unpaired) electrons. The fourth-order valence-corrected chi connectivity index (χ4v) is 3.30. The number of hydrogen-bond acceptors (Lipinski definition) is 1. The highest BCUT2D eigenvalue weighted by Crippen LogP contribution is 2.34. The molecule has 0 atom stereocenters. The van der Waals surface area contributed by atoms with E-state index in [1.165, 1.54) is 36.9 Å². The van der Waals surface area contributed by atoms with Crippen LogP contribution in [0.3, 0.4) is 0 Å². The van der Waals surface area contributed by atoms with Gasteiger partial charge in [-0.3, -0.25) is 4.68 Å². The first kappa shape index (κ1) is 13.7. The zero-order valence-electron chi connectivity index (χ0n) is 11.8. The molecule has 0 saturated heterocycles. The van der Waals surface area contributed by atoms with Crippen LogP contribution in [0, 0.1) is 0 Å². The van der Waals surface area contributed by atoms with E-state index in [1.807, 2.05) is 4.68 Å².